The fourth-order valence-corrected chi connectivity index (χ4v) is 5.78. The Morgan fingerprint density at radius 3 is 2.45 bits per heavy atom. The van der Waals surface area contributed by atoms with Gasteiger partial charge >= 0.3 is 11.9 Å². The van der Waals surface area contributed by atoms with Crippen LogP contribution >= 0.6 is 10.8 Å². The van der Waals surface area contributed by atoms with E-state index in [0.717, 1.165) is 12.0 Å². The molecule has 2 N–H and O–H groups in total. The van der Waals surface area contributed by atoms with E-state index in [1.54, 1.807) is 32.0 Å². The van der Waals surface area contributed by atoms with Crippen LogP contribution in [0.25, 0.3) is 0 Å². The fourth-order valence-electron chi connectivity index (χ4n) is 4.13. The van der Waals surface area contributed by atoms with Gasteiger partial charge in [-0.15, -0.1) is 10.8 Å². The Labute approximate surface area is 223 Å². The van der Waals surface area contributed by atoms with Crippen LogP contribution in [-0.2, 0) is 25.5 Å². The van der Waals surface area contributed by atoms with Crippen LogP contribution in [-0.4, -0.2) is 74.8 Å². The molecule has 2 aromatic rings. The fraction of sp³-hybridized carbons (Fsp3) is 0.462. The summed E-state index contributed by atoms with van der Waals surface area (Å²) in [6.07, 6.45) is 2.71. The molecule has 0 spiro atoms. The van der Waals surface area contributed by atoms with Gasteiger partial charge in [0.1, 0.15) is 12.2 Å². The molecule has 0 bridgehead atoms. The maximum Gasteiger partial charge on any atom is 0.359 e. The first kappa shape index (κ1) is 29.5. The number of anilines is 1. The molecule has 2 heterocycles. The van der Waals surface area contributed by atoms with E-state index in [9.17, 15) is 27.9 Å². The Morgan fingerprint density at radius 1 is 1.08 bits per heavy atom. The minimum atomic E-state index is -2.98. The number of hydrogen-bond acceptors (Lipinski definition) is 9. The summed E-state index contributed by atoms with van der Waals surface area (Å²) in [6, 6.07) is 7.53. The first-order chi connectivity index (χ1) is 18.1. The highest BCUT2D eigenvalue weighted by Gasteiger charge is 2.30. The Morgan fingerprint density at radius 2 is 1.79 bits per heavy atom. The maximum atomic E-state index is 13.4. The van der Waals surface area contributed by atoms with Crippen molar-refractivity contribution in [2.24, 2.45) is 0 Å². The van der Waals surface area contributed by atoms with Crippen LogP contribution < -0.4 is 4.90 Å². The topological polar surface area (TPSA) is 130 Å². The van der Waals surface area contributed by atoms with Crippen molar-refractivity contribution in [2.45, 2.75) is 39.5 Å². The van der Waals surface area contributed by atoms with E-state index in [1.165, 1.54) is 27.5 Å². The third-order valence-electron chi connectivity index (χ3n) is 5.97. The molecule has 1 aromatic carbocycles. The van der Waals surface area contributed by atoms with Crippen molar-refractivity contribution in [2.75, 3.05) is 43.5 Å². The summed E-state index contributed by atoms with van der Waals surface area (Å²) in [7, 11) is -2.98. The summed E-state index contributed by atoms with van der Waals surface area (Å²) in [5.41, 5.74) is 1.44. The molecule has 12 heteroatoms. The van der Waals surface area contributed by atoms with E-state index in [4.69, 9.17) is 9.47 Å². The highest BCUT2D eigenvalue weighted by Crippen LogP contribution is 2.46. The highest BCUT2D eigenvalue weighted by molar-refractivity contribution is 8.22. The number of carbonyl (C=O) groups is 3. The average Bonchev–Trinajstić information content (AvgIpc) is 2.86. The number of benzene rings is 1. The smallest absolute Gasteiger partial charge is 0.359 e. The zero-order valence-corrected chi connectivity index (χ0v) is 22.4. The van der Waals surface area contributed by atoms with Crippen LogP contribution in [0.4, 0.5) is 10.1 Å². The van der Waals surface area contributed by atoms with Gasteiger partial charge in [-0.25, -0.2) is 18.5 Å². The van der Waals surface area contributed by atoms with Crippen molar-refractivity contribution in [1.29, 1.82) is 0 Å². The number of esters is 2. The minimum absolute atomic E-state index is 0.0395. The summed E-state index contributed by atoms with van der Waals surface area (Å²) in [5.74, 6) is -2.23. The highest BCUT2D eigenvalue weighted by atomic mass is 32.3. The molecule has 1 aromatic heterocycles. The third-order valence-corrected chi connectivity index (χ3v) is 8.00. The molecule has 3 rings (SSSR count). The molecule has 0 radical (unpaired) electrons. The van der Waals surface area contributed by atoms with E-state index in [1.807, 2.05) is 0 Å². The number of nitrogens with zero attached hydrogens (tertiary/aromatic N) is 3. The molecule has 0 unspecified atom stereocenters. The van der Waals surface area contributed by atoms with Crippen molar-refractivity contribution in [3.05, 3.63) is 59.2 Å². The quantitative estimate of drug-likeness (QED) is 0.314. The van der Waals surface area contributed by atoms with Gasteiger partial charge in [0.05, 0.1) is 24.7 Å². The van der Waals surface area contributed by atoms with Crippen LogP contribution in [0.15, 0.2) is 36.5 Å². The third kappa shape index (κ3) is 7.97. The molecule has 1 fully saturated rings. The minimum Gasteiger partial charge on any atom is -0.466 e. The maximum absolute atomic E-state index is 13.4. The molecule has 1 aliphatic rings. The van der Waals surface area contributed by atoms with E-state index in [2.05, 4.69) is 4.98 Å². The van der Waals surface area contributed by atoms with Crippen molar-refractivity contribution < 1.29 is 37.4 Å². The molecule has 1 saturated heterocycles. The summed E-state index contributed by atoms with van der Waals surface area (Å²) >= 11 is 0. The van der Waals surface area contributed by atoms with E-state index < -0.39 is 35.0 Å². The van der Waals surface area contributed by atoms with E-state index >= 15 is 0 Å². The average molecular weight is 552 g/mol. The zero-order chi connectivity index (χ0) is 27.7. The van der Waals surface area contributed by atoms with Crippen LogP contribution in [0.3, 0.4) is 0 Å². The number of hydrogen-bond donors (Lipinski definition) is 2. The summed E-state index contributed by atoms with van der Waals surface area (Å²) in [5, 5.41) is 0. The van der Waals surface area contributed by atoms with Crippen LogP contribution in [0.2, 0.25) is 0 Å². The molecule has 1 amide bonds. The van der Waals surface area contributed by atoms with Gasteiger partial charge in [-0.3, -0.25) is 18.7 Å². The van der Waals surface area contributed by atoms with Gasteiger partial charge in [-0.2, -0.15) is 0 Å². The Kier molecular flexibility index (Phi) is 10.6. The SMILES string of the molecule is CCOC(=O)CC(=O)N(CCN1CCCCS1(O)O)c1cc(Cc2ccc(F)cc2)cnc1C(=O)OCC. The van der Waals surface area contributed by atoms with Crippen molar-refractivity contribution in [1.82, 2.24) is 9.29 Å². The molecule has 0 aliphatic carbocycles. The summed E-state index contributed by atoms with van der Waals surface area (Å²) in [6.45, 7) is 3.96. The van der Waals surface area contributed by atoms with Gasteiger partial charge in [-0.1, -0.05) is 12.1 Å². The largest absolute Gasteiger partial charge is 0.466 e. The Hall–Kier alpha value is -3.06. The number of halogens is 1. The normalized spacial score (nSPS) is 15.9. The first-order valence-electron chi connectivity index (χ1n) is 12.5. The van der Waals surface area contributed by atoms with Gasteiger partial charge in [0.2, 0.25) is 5.91 Å². The lowest BCUT2D eigenvalue weighted by molar-refractivity contribution is -0.145. The number of pyridine rings is 1. The predicted molar refractivity (Wildman–Crippen MR) is 142 cm³/mol. The van der Waals surface area contributed by atoms with E-state index in [-0.39, 0.29) is 49.3 Å². The first-order valence-corrected chi connectivity index (χ1v) is 14.2. The number of rotatable bonds is 11. The van der Waals surface area contributed by atoms with Crippen molar-refractivity contribution in [3.8, 4) is 0 Å². The van der Waals surface area contributed by atoms with Crippen LogP contribution in [0.5, 0.6) is 0 Å². The molecule has 38 heavy (non-hydrogen) atoms. The zero-order valence-electron chi connectivity index (χ0n) is 21.6. The summed E-state index contributed by atoms with van der Waals surface area (Å²) < 4.78 is 46.0. The second kappa shape index (κ2) is 13.7. The standard InChI is InChI=1S/C26H34FN3O7S/c1-3-36-24(32)17-23(31)30(13-12-29-11-5-6-14-38(29,34)35)22-16-20(15-19-7-9-21(27)10-8-19)18-28-25(22)26(33)37-4-2/h7-10,16,18,34-35H,3-6,11-15,17H2,1-2H3. The van der Waals surface area contributed by atoms with Crippen LogP contribution in [0.1, 0.15) is 54.7 Å². The van der Waals surface area contributed by atoms with Gasteiger partial charge < -0.3 is 14.4 Å². The van der Waals surface area contributed by atoms with Gasteiger partial charge in [0.15, 0.2) is 5.69 Å². The Balaban J connectivity index is 1.99. The van der Waals surface area contributed by atoms with Crippen molar-refractivity contribution in [3.63, 3.8) is 0 Å². The lowest BCUT2D eigenvalue weighted by Gasteiger charge is -2.46. The van der Waals surface area contributed by atoms with Crippen molar-refractivity contribution >= 4 is 34.3 Å². The molecular weight excluding hydrogens is 517 g/mol. The number of ether oxygens (including phenoxy) is 2. The molecule has 0 saturated carbocycles. The molecule has 1 aliphatic heterocycles. The van der Waals surface area contributed by atoms with Gasteiger partial charge in [-0.05, 0) is 62.4 Å². The number of carbonyl (C=O) groups excluding carboxylic acids is 3. The molecular formula is C26H34FN3O7S. The molecule has 10 nitrogen and oxygen atoms in total. The lowest BCUT2D eigenvalue weighted by Crippen LogP contribution is -2.43. The number of amides is 1. The van der Waals surface area contributed by atoms with Crippen LogP contribution in [0, 0.1) is 5.82 Å². The second-order valence-corrected chi connectivity index (χ2v) is 10.9. The second-order valence-electron chi connectivity index (χ2n) is 8.73. The Bertz CT molecular complexity index is 1130. The number of aromatic nitrogens is 1. The predicted octanol–water partition coefficient (Wildman–Crippen LogP) is 4.04. The lowest BCUT2D eigenvalue weighted by atomic mass is 10.0. The van der Waals surface area contributed by atoms with Gasteiger partial charge in [0.25, 0.3) is 0 Å². The monoisotopic (exact) mass is 551 g/mol. The molecule has 208 valence electrons. The van der Waals surface area contributed by atoms with Gasteiger partial charge in [0, 0.05) is 25.8 Å². The van der Waals surface area contributed by atoms with E-state index in [0.29, 0.717) is 24.9 Å². The molecule has 0 atom stereocenters. The summed E-state index contributed by atoms with van der Waals surface area (Å²) in [4.78, 5) is 43.9.